The Labute approximate surface area is 184 Å². The maximum Gasteiger partial charge on any atom is 0.243 e. The Bertz CT molecular complexity index is 923. The molecule has 6 nitrogen and oxygen atoms in total. The van der Waals surface area contributed by atoms with Crippen LogP contribution < -0.4 is 4.74 Å². The van der Waals surface area contributed by atoms with E-state index in [0.717, 1.165) is 30.9 Å². The molecule has 164 valence electrons. The van der Waals surface area contributed by atoms with Gasteiger partial charge in [0.1, 0.15) is 11.3 Å². The van der Waals surface area contributed by atoms with E-state index < -0.39 is 5.54 Å². The second kappa shape index (κ2) is 9.10. The fourth-order valence-electron chi connectivity index (χ4n) is 4.84. The number of methoxy groups -OCH3 is 1. The van der Waals surface area contributed by atoms with Gasteiger partial charge in [-0.25, -0.2) is 0 Å². The molecule has 2 fully saturated rings. The first-order valence-corrected chi connectivity index (χ1v) is 11.0. The normalized spacial score (nSPS) is 19.0. The van der Waals surface area contributed by atoms with Crippen molar-refractivity contribution in [2.75, 3.05) is 40.3 Å². The van der Waals surface area contributed by atoms with Gasteiger partial charge in [0.05, 0.1) is 13.5 Å². The molecular formula is C25H31N3O3. The van der Waals surface area contributed by atoms with Crippen molar-refractivity contribution in [1.82, 2.24) is 14.7 Å². The summed E-state index contributed by atoms with van der Waals surface area (Å²) >= 11 is 0. The number of likely N-dealkylation sites (tertiary alicyclic amines) is 1. The van der Waals surface area contributed by atoms with Crippen LogP contribution in [0.2, 0.25) is 0 Å². The zero-order valence-corrected chi connectivity index (χ0v) is 18.4. The van der Waals surface area contributed by atoms with E-state index in [1.54, 1.807) is 7.11 Å². The van der Waals surface area contributed by atoms with Gasteiger partial charge < -0.3 is 14.5 Å². The Balaban J connectivity index is 1.45. The van der Waals surface area contributed by atoms with E-state index in [1.165, 1.54) is 5.56 Å². The zero-order chi connectivity index (χ0) is 21.8. The Hall–Kier alpha value is -2.86. The molecule has 0 N–H and O–H groups in total. The number of hydrogen-bond acceptors (Lipinski definition) is 4. The second-order valence-corrected chi connectivity index (χ2v) is 8.57. The van der Waals surface area contributed by atoms with Crippen LogP contribution in [-0.2, 0) is 22.6 Å². The van der Waals surface area contributed by atoms with E-state index in [-0.39, 0.29) is 11.8 Å². The predicted octanol–water partition coefficient (Wildman–Crippen LogP) is 2.57. The molecule has 0 aromatic heterocycles. The van der Waals surface area contributed by atoms with Gasteiger partial charge in [0.2, 0.25) is 11.8 Å². The van der Waals surface area contributed by atoms with E-state index >= 15 is 0 Å². The predicted molar refractivity (Wildman–Crippen MR) is 120 cm³/mol. The smallest absolute Gasteiger partial charge is 0.243 e. The molecular weight excluding hydrogens is 390 g/mol. The topological polar surface area (TPSA) is 53.1 Å². The second-order valence-electron chi connectivity index (χ2n) is 8.57. The van der Waals surface area contributed by atoms with Crippen LogP contribution in [0.1, 0.15) is 24.0 Å². The van der Waals surface area contributed by atoms with E-state index in [9.17, 15) is 9.59 Å². The number of carbonyl (C=O) groups is 2. The van der Waals surface area contributed by atoms with Crippen molar-refractivity contribution < 1.29 is 14.3 Å². The molecule has 2 aromatic rings. The molecule has 2 aliphatic rings. The van der Waals surface area contributed by atoms with Gasteiger partial charge in [0, 0.05) is 39.8 Å². The Kier molecular flexibility index (Phi) is 6.28. The first-order chi connectivity index (χ1) is 15.0. The number of rotatable bonds is 5. The number of carbonyl (C=O) groups excluding carboxylic acids is 2. The lowest BCUT2D eigenvalue weighted by Gasteiger charge is -2.52. The number of hydrogen-bond donors (Lipinski definition) is 0. The van der Waals surface area contributed by atoms with Crippen molar-refractivity contribution in [2.45, 2.75) is 31.3 Å². The maximum atomic E-state index is 13.3. The Morgan fingerprint density at radius 2 is 1.68 bits per heavy atom. The molecule has 2 heterocycles. The first kappa shape index (κ1) is 21.4. The van der Waals surface area contributed by atoms with Crippen LogP contribution in [-0.4, -0.2) is 72.4 Å². The van der Waals surface area contributed by atoms with Crippen LogP contribution in [0.4, 0.5) is 0 Å². The van der Waals surface area contributed by atoms with Gasteiger partial charge >= 0.3 is 0 Å². The summed E-state index contributed by atoms with van der Waals surface area (Å²) < 4.78 is 5.27. The molecule has 2 saturated heterocycles. The van der Waals surface area contributed by atoms with Gasteiger partial charge in [-0.05, 0) is 36.1 Å². The minimum atomic E-state index is -0.518. The van der Waals surface area contributed by atoms with Crippen LogP contribution in [0.15, 0.2) is 54.6 Å². The standard InChI is InChI=1S/C25H31N3O3/c1-26-15-16-28(19-20-7-4-3-5-8-20)25(24(26)30)11-13-27(14-12-25)23(29)18-21-9-6-10-22(17-21)31-2/h3-10,17H,11-16,18-19H2,1-2H3. The summed E-state index contributed by atoms with van der Waals surface area (Å²) in [6.45, 7) is 3.57. The largest absolute Gasteiger partial charge is 0.497 e. The summed E-state index contributed by atoms with van der Waals surface area (Å²) in [6, 6.07) is 18.0. The van der Waals surface area contributed by atoms with Crippen molar-refractivity contribution in [3.8, 4) is 5.75 Å². The summed E-state index contributed by atoms with van der Waals surface area (Å²) in [7, 11) is 3.52. The molecule has 0 unspecified atom stereocenters. The van der Waals surface area contributed by atoms with Crippen molar-refractivity contribution in [3.63, 3.8) is 0 Å². The molecule has 2 amide bonds. The molecule has 4 rings (SSSR count). The van der Waals surface area contributed by atoms with Crippen LogP contribution in [0, 0.1) is 0 Å². The summed E-state index contributed by atoms with van der Waals surface area (Å²) in [5.41, 5.74) is 1.65. The van der Waals surface area contributed by atoms with Crippen LogP contribution in [0.25, 0.3) is 0 Å². The number of ether oxygens (including phenoxy) is 1. The Morgan fingerprint density at radius 1 is 0.968 bits per heavy atom. The number of piperidine rings is 1. The highest BCUT2D eigenvalue weighted by Gasteiger charge is 2.50. The molecule has 2 aromatic carbocycles. The molecule has 0 radical (unpaired) electrons. The third-order valence-electron chi connectivity index (χ3n) is 6.70. The monoisotopic (exact) mass is 421 g/mol. The average molecular weight is 422 g/mol. The fraction of sp³-hybridized carbons (Fsp3) is 0.440. The number of piperazine rings is 1. The number of amides is 2. The van der Waals surface area contributed by atoms with Gasteiger partial charge in [0.15, 0.2) is 0 Å². The van der Waals surface area contributed by atoms with Gasteiger partial charge in [-0.15, -0.1) is 0 Å². The van der Waals surface area contributed by atoms with E-state index in [4.69, 9.17) is 4.74 Å². The summed E-state index contributed by atoms with van der Waals surface area (Å²) in [6.07, 6.45) is 1.70. The third-order valence-corrected chi connectivity index (χ3v) is 6.70. The molecule has 6 heteroatoms. The lowest BCUT2D eigenvalue weighted by Crippen LogP contribution is -2.68. The van der Waals surface area contributed by atoms with E-state index in [1.807, 2.05) is 59.3 Å². The molecule has 2 aliphatic heterocycles. The number of benzene rings is 2. The minimum Gasteiger partial charge on any atom is -0.497 e. The lowest BCUT2D eigenvalue weighted by atomic mass is 9.82. The van der Waals surface area contributed by atoms with E-state index in [2.05, 4.69) is 17.0 Å². The fourth-order valence-corrected chi connectivity index (χ4v) is 4.84. The molecule has 0 atom stereocenters. The average Bonchev–Trinajstić information content (AvgIpc) is 2.81. The van der Waals surface area contributed by atoms with Gasteiger partial charge in [-0.3, -0.25) is 14.5 Å². The maximum absolute atomic E-state index is 13.3. The molecule has 1 spiro atoms. The summed E-state index contributed by atoms with van der Waals surface area (Å²) in [5.74, 6) is 1.05. The lowest BCUT2D eigenvalue weighted by molar-refractivity contribution is -0.157. The van der Waals surface area contributed by atoms with Crippen LogP contribution >= 0.6 is 0 Å². The Morgan fingerprint density at radius 3 is 2.39 bits per heavy atom. The van der Waals surface area contributed by atoms with Gasteiger partial charge in [0.25, 0.3) is 0 Å². The quantitative estimate of drug-likeness (QED) is 0.745. The SMILES string of the molecule is COc1cccc(CC(=O)N2CCC3(CC2)C(=O)N(C)CCN3Cc2ccccc2)c1. The third kappa shape index (κ3) is 4.44. The minimum absolute atomic E-state index is 0.106. The number of nitrogens with zero attached hydrogens (tertiary/aromatic N) is 3. The molecule has 0 bridgehead atoms. The van der Waals surface area contributed by atoms with Crippen molar-refractivity contribution in [3.05, 3.63) is 65.7 Å². The van der Waals surface area contributed by atoms with Crippen LogP contribution in [0.5, 0.6) is 5.75 Å². The highest BCUT2D eigenvalue weighted by atomic mass is 16.5. The van der Waals surface area contributed by atoms with Crippen molar-refractivity contribution in [1.29, 1.82) is 0 Å². The molecule has 0 aliphatic carbocycles. The zero-order valence-electron chi connectivity index (χ0n) is 18.4. The first-order valence-electron chi connectivity index (χ1n) is 11.0. The number of likely N-dealkylation sites (N-methyl/N-ethyl adjacent to an activating group) is 1. The molecule has 0 saturated carbocycles. The van der Waals surface area contributed by atoms with Crippen LogP contribution in [0.3, 0.4) is 0 Å². The highest BCUT2D eigenvalue weighted by Crippen LogP contribution is 2.35. The van der Waals surface area contributed by atoms with Gasteiger partial charge in [-0.1, -0.05) is 42.5 Å². The molecule has 31 heavy (non-hydrogen) atoms. The summed E-state index contributed by atoms with van der Waals surface area (Å²) in [5, 5.41) is 0. The highest BCUT2D eigenvalue weighted by molar-refractivity contribution is 5.88. The van der Waals surface area contributed by atoms with Crippen molar-refractivity contribution >= 4 is 11.8 Å². The van der Waals surface area contributed by atoms with Gasteiger partial charge in [-0.2, -0.15) is 0 Å². The van der Waals surface area contributed by atoms with Crippen molar-refractivity contribution in [2.24, 2.45) is 0 Å². The van der Waals surface area contributed by atoms with E-state index in [0.29, 0.717) is 32.4 Å². The summed E-state index contributed by atoms with van der Waals surface area (Å²) in [4.78, 5) is 32.3.